The highest BCUT2D eigenvalue weighted by Gasteiger charge is 2.52. The molecule has 0 N–H and O–H groups in total. The quantitative estimate of drug-likeness (QED) is 0.736. The van der Waals surface area contributed by atoms with Gasteiger partial charge in [-0.05, 0) is 63.7 Å². The minimum absolute atomic E-state index is 0.107. The zero-order chi connectivity index (χ0) is 20.1. The average molecular weight is 416 g/mol. The van der Waals surface area contributed by atoms with Gasteiger partial charge < -0.3 is 18.9 Å². The van der Waals surface area contributed by atoms with Gasteiger partial charge in [-0.2, -0.15) is 0 Å². The third kappa shape index (κ3) is 3.69. The largest absolute Gasteiger partial charge is 0.487 e. The number of piperidine rings is 1. The minimum Gasteiger partial charge on any atom is -0.487 e. The van der Waals surface area contributed by atoms with Crippen LogP contribution >= 0.6 is 11.6 Å². The summed E-state index contributed by atoms with van der Waals surface area (Å²) in [7, 11) is 0. The number of hydrogen-bond donors (Lipinski definition) is 0. The van der Waals surface area contributed by atoms with Crippen LogP contribution in [-0.4, -0.2) is 46.3 Å². The van der Waals surface area contributed by atoms with Gasteiger partial charge in [-0.25, -0.2) is 4.98 Å². The maximum atomic E-state index is 6.58. The molecule has 0 aliphatic carbocycles. The summed E-state index contributed by atoms with van der Waals surface area (Å²) < 4.78 is 15.2. The number of halogens is 1. The number of imidazole rings is 1. The Kier molecular flexibility index (Phi) is 4.88. The van der Waals surface area contributed by atoms with Crippen molar-refractivity contribution in [1.82, 2.24) is 14.5 Å². The van der Waals surface area contributed by atoms with Crippen LogP contribution in [0.4, 0.5) is 0 Å². The lowest BCUT2D eigenvalue weighted by Gasteiger charge is -2.54. The van der Waals surface area contributed by atoms with E-state index < -0.39 is 0 Å². The fraction of sp³-hybridized carbons (Fsp3) is 0.609. The number of aromatic nitrogens is 2. The molecule has 2 saturated heterocycles. The van der Waals surface area contributed by atoms with Crippen LogP contribution in [0.3, 0.4) is 0 Å². The van der Waals surface area contributed by atoms with Gasteiger partial charge in [-0.3, -0.25) is 0 Å². The molecule has 5 nitrogen and oxygen atoms in total. The Morgan fingerprint density at radius 1 is 1.21 bits per heavy atom. The van der Waals surface area contributed by atoms with Crippen LogP contribution in [0.15, 0.2) is 36.9 Å². The highest BCUT2D eigenvalue weighted by Crippen LogP contribution is 2.55. The first-order valence-electron chi connectivity index (χ1n) is 10.7. The molecule has 0 saturated carbocycles. The molecule has 2 aromatic rings. The summed E-state index contributed by atoms with van der Waals surface area (Å²) in [5, 5.41) is 0.716. The van der Waals surface area contributed by atoms with Crippen molar-refractivity contribution in [2.24, 2.45) is 11.3 Å². The molecule has 2 atom stereocenters. The van der Waals surface area contributed by atoms with Gasteiger partial charge in [0, 0.05) is 42.0 Å². The van der Waals surface area contributed by atoms with Crippen molar-refractivity contribution in [3.8, 4) is 5.75 Å². The molecule has 4 heterocycles. The van der Waals surface area contributed by atoms with E-state index in [-0.39, 0.29) is 17.1 Å². The number of ether oxygens (including phenoxy) is 2. The van der Waals surface area contributed by atoms with Crippen molar-refractivity contribution in [3.05, 3.63) is 47.5 Å². The Morgan fingerprint density at radius 2 is 2.03 bits per heavy atom. The molecule has 3 aliphatic rings. The number of likely N-dealkylation sites (tertiary alicyclic amines) is 1. The van der Waals surface area contributed by atoms with E-state index in [0.29, 0.717) is 10.9 Å². The van der Waals surface area contributed by atoms with Gasteiger partial charge in [0.2, 0.25) is 0 Å². The SMILES string of the molecule is CC1(C)Oc2cc(Cl)ccc2[C@@H]2OCC3(CCN(CCn4ccnc4)CC3)C[C@H]21. The lowest BCUT2D eigenvalue weighted by atomic mass is 9.64. The summed E-state index contributed by atoms with van der Waals surface area (Å²) in [6.07, 6.45) is 9.46. The monoisotopic (exact) mass is 415 g/mol. The van der Waals surface area contributed by atoms with Crippen LogP contribution in [-0.2, 0) is 11.3 Å². The van der Waals surface area contributed by atoms with E-state index in [9.17, 15) is 0 Å². The average Bonchev–Trinajstić information content (AvgIpc) is 3.21. The summed E-state index contributed by atoms with van der Waals surface area (Å²) in [4.78, 5) is 6.72. The lowest BCUT2D eigenvalue weighted by Crippen LogP contribution is -2.54. The van der Waals surface area contributed by atoms with E-state index in [1.54, 1.807) is 0 Å². The number of benzene rings is 1. The van der Waals surface area contributed by atoms with E-state index in [4.69, 9.17) is 21.1 Å². The maximum Gasteiger partial charge on any atom is 0.127 e. The van der Waals surface area contributed by atoms with Crippen molar-refractivity contribution < 1.29 is 9.47 Å². The third-order valence-corrected chi connectivity index (χ3v) is 7.52. The Hall–Kier alpha value is -1.56. The second-order valence-corrected chi connectivity index (χ2v) is 10.0. The van der Waals surface area contributed by atoms with E-state index in [2.05, 4.69) is 34.4 Å². The third-order valence-electron chi connectivity index (χ3n) is 7.29. The predicted molar refractivity (Wildman–Crippen MR) is 113 cm³/mol. The molecular formula is C23H30ClN3O2. The van der Waals surface area contributed by atoms with E-state index >= 15 is 0 Å². The van der Waals surface area contributed by atoms with Crippen molar-refractivity contribution in [3.63, 3.8) is 0 Å². The molecule has 0 radical (unpaired) electrons. The zero-order valence-electron chi connectivity index (χ0n) is 17.3. The van der Waals surface area contributed by atoms with Crippen molar-refractivity contribution in [1.29, 1.82) is 0 Å². The first-order valence-corrected chi connectivity index (χ1v) is 11.1. The van der Waals surface area contributed by atoms with Gasteiger partial charge in [0.25, 0.3) is 0 Å². The summed E-state index contributed by atoms with van der Waals surface area (Å²) in [5.41, 5.74) is 1.18. The van der Waals surface area contributed by atoms with Crippen LogP contribution in [0, 0.1) is 11.3 Å². The van der Waals surface area contributed by atoms with Gasteiger partial charge >= 0.3 is 0 Å². The first-order chi connectivity index (χ1) is 13.9. The molecule has 5 rings (SSSR count). The van der Waals surface area contributed by atoms with E-state index in [1.165, 1.54) is 19.3 Å². The molecule has 3 aliphatic heterocycles. The van der Waals surface area contributed by atoms with Gasteiger partial charge in [0.15, 0.2) is 0 Å². The second-order valence-electron chi connectivity index (χ2n) is 9.57. The summed E-state index contributed by atoms with van der Waals surface area (Å²) in [6, 6.07) is 5.97. The Labute approximate surface area is 178 Å². The van der Waals surface area contributed by atoms with Crippen LogP contribution in [0.1, 0.15) is 44.8 Å². The molecule has 6 heteroatoms. The fourth-order valence-electron chi connectivity index (χ4n) is 5.40. The highest BCUT2D eigenvalue weighted by molar-refractivity contribution is 6.30. The number of fused-ring (bicyclic) bond motifs is 3. The normalized spacial score (nSPS) is 27.8. The molecule has 156 valence electrons. The fourth-order valence-corrected chi connectivity index (χ4v) is 5.56. The number of rotatable bonds is 3. The van der Waals surface area contributed by atoms with Crippen LogP contribution in [0.2, 0.25) is 5.02 Å². The van der Waals surface area contributed by atoms with Crippen LogP contribution in [0.25, 0.3) is 0 Å². The van der Waals surface area contributed by atoms with Gasteiger partial charge in [0.1, 0.15) is 11.4 Å². The maximum absolute atomic E-state index is 6.58. The molecule has 1 spiro atoms. The molecule has 1 aromatic heterocycles. The van der Waals surface area contributed by atoms with Crippen LogP contribution in [0.5, 0.6) is 5.75 Å². The Balaban J connectivity index is 1.26. The zero-order valence-corrected chi connectivity index (χ0v) is 18.1. The molecule has 29 heavy (non-hydrogen) atoms. The summed E-state index contributed by atoms with van der Waals surface area (Å²) in [6.45, 7) is 9.64. The predicted octanol–water partition coefficient (Wildman–Crippen LogP) is 4.57. The second kappa shape index (κ2) is 7.29. The minimum atomic E-state index is -0.256. The lowest BCUT2D eigenvalue weighted by molar-refractivity contribution is -0.174. The van der Waals surface area contributed by atoms with Gasteiger partial charge in [-0.15, -0.1) is 0 Å². The van der Waals surface area contributed by atoms with Crippen LogP contribution < -0.4 is 4.74 Å². The molecule has 0 bridgehead atoms. The van der Waals surface area contributed by atoms with Crippen molar-refractivity contribution >= 4 is 11.6 Å². The van der Waals surface area contributed by atoms with Crippen molar-refractivity contribution in [2.75, 3.05) is 26.2 Å². The number of hydrogen-bond acceptors (Lipinski definition) is 4. The summed E-state index contributed by atoms with van der Waals surface area (Å²) in [5.74, 6) is 1.25. The smallest absolute Gasteiger partial charge is 0.127 e. The topological polar surface area (TPSA) is 39.5 Å². The van der Waals surface area contributed by atoms with Gasteiger partial charge in [-0.1, -0.05) is 17.7 Å². The molecule has 2 fully saturated rings. The van der Waals surface area contributed by atoms with Crippen molar-refractivity contribution in [2.45, 2.75) is 51.4 Å². The van der Waals surface area contributed by atoms with E-state index in [0.717, 1.165) is 44.1 Å². The molecule has 0 amide bonds. The number of nitrogens with zero attached hydrogens (tertiary/aromatic N) is 3. The van der Waals surface area contributed by atoms with Gasteiger partial charge in [0.05, 0.1) is 19.0 Å². The summed E-state index contributed by atoms with van der Waals surface area (Å²) >= 11 is 6.20. The molecule has 0 unspecified atom stereocenters. The first kappa shape index (κ1) is 19.4. The van der Waals surface area contributed by atoms with E-state index in [1.807, 2.05) is 30.9 Å². The standard InChI is InChI=1S/C23H30ClN3O2/c1-22(2)19-14-23(5-8-26(9-6-23)11-12-27-10-7-25-16-27)15-28-21(19)18-4-3-17(24)13-20(18)29-22/h3-4,7,10,13,16,19,21H,5-6,8-9,11-12,14-15H2,1-2H3/t19-,21+/m1/s1. The highest BCUT2D eigenvalue weighted by atomic mass is 35.5. The molecular weight excluding hydrogens is 386 g/mol. The molecule has 1 aromatic carbocycles. The Bertz CT molecular complexity index is 859. The Morgan fingerprint density at radius 3 is 2.79 bits per heavy atom.